The highest BCUT2D eigenvalue weighted by atomic mass is 16.6. The van der Waals surface area contributed by atoms with Gasteiger partial charge in [0.25, 0.3) is 0 Å². The summed E-state index contributed by atoms with van der Waals surface area (Å²) in [5.41, 5.74) is 0. The van der Waals surface area contributed by atoms with Gasteiger partial charge in [0.2, 0.25) is 0 Å². The lowest BCUT2D eigenvalue weighted by molar-refractivity contribution is 0.174. The molecule has 0 aliphatic carbocycles. The summed E-state index contributed by atoms with van der Waals surface area (Å²) < 4.78 is 4.83. The summed E-state index contributed by atoms with van der Waals surface area (Å²) in [5.74, 6) is 0. The van der Waals surface area contributed by atoms with Crippen LogP contribution in [0.25, 0.3) is 0 Å². The second kappa shape index (κ2) is 5.20. The van der Waals surface area contributed by atoms with E-state index in [-0.39, 0.29) is 0 Å². The van der Waals surface area contributed by atoms with Gasteiger partial charge < -0.3 is 9.57 Å². The van der Waals surface area contributed by atoms with Crippen molar-refractivity contribution in [2.24, 2.45) is 5.16 Å². The second-order valence-corrected chi connectivity index (χ2v) is 1.96. The van der Waals surface area contributed by atoms with Crippen LogP contribution in [0.5, 0.6) is 0 Å². The number of nitrogens with zero attached hydrogens (tertiary/aromatic N) is 1. The van der Waals surface area contributed by atoms with Crippen LogP contribution in [0.4, 0.5) is 0 Å². The van der Waals surface area contributed by atoms with Gasteiger partial charge in [0.1, 0.15) is 6.61 Å². The van der Waals surface area contributed by atoms with Crippen molar-refractivity contribution in [1.29, 1.82) is 0 Å². The van der Waals surface area contributed by atoms with Crippen LogP contribution in [0.3, 0.4) is 0 Å². The molecule has 1 saturated heterocycles. The van der Waals surface area contributed by atoms with Gasteiger partial charge in [-0.25, -0.2) is 0 Å². The molecule has 0 bridgehead atoms. The van der Waals surface area contributed by atoms with Crippen molar-refractivity contribution in [2.45, 2.75) is 6.42 Å². The standard InChI is InChI=1S/C3H7NO.C3H5NO/c1-2-5-3-4-1;1-2-4-5-3-1/h4H,1-3H2;2H,1,3H2. The summed E-state index contributed by atoms with van der Waals surface area (Å²) in [6.45, 7) is 3.44. The van der Waals surface area contributed by atoms with E-state index in [0.717, 1.165) is 32.9 Å². The molecule has 0 aromatic heterocycles. The maximum atomic E-state index is 4.83. The fourth-order valence-corrected chi connectivity index (χ4v) is 0.624. The van der Waals surface area contributed by atoms with Crippen LogP contribution in [-0.2, 0) is 9.57 Å². The lowest BCUT2D eigenvalue weighted by Gasteiger charge is -1.76. The molecular formula is C6H12N2O2. The van der Waals surface area contributed by atoms with Gasteiger partial charge >= 0.3 is 0 Å². The van der Waals surface area contributed by atoms with E-state index in [1.807, 2.05) is 0 Å². The molecule has 1 N–H and O–H groups in total. The molecule has 0 amide bonds. The van der Waals surface area contributed by atoms with Crippen molar-refractivity contribution in [2.75, 3.05) is 26.5 Å². The fraction of sp³-hybridized carbons (Fsp3) is 0.833. The Morgan fingerprint density at radius 1 is 1.40 bits per heavy atom. The Morgan fingerprint density at radius 3 is 2.60 bits per heavy atom. The van der Waals surface area contributed by atoms with Crippen molar-refractivity contribution in [3.05, 3.63) is 0 Å². The predicted molar refractivity (Wildman–Crippen MR) is 37.9 cm³/mol. The molecule has 2 heterocycles. The van der Waals surface area contributed by atoms with Crippen molar-refractivity contribution in [1.82, 2.24) is 5.32 Å². The van der Waals surface area contributed by atoms with Gasteiger partial charge in [-0.1, -0.05) is 5.16 Å². The van der Waals surface area contributed by atoms with E-state index in [2.05, 4.69) is 15.3 Å². The quantitative estimate of drug-likeness (QED) is 0.518. The number of ether oxygens (including phenoxy) is 1. The molecule has 4 heteroatoms. The Hall–Kier alpha value is -0.610. The average molecular weight is 144 g/mol. The molecule has 0 radical (unpaired) electrons. The van der Waals surface area contributed by atoms with Crippen molar-refractivity contribution in [3.8, 4) is 0 Å². The summed E-state index contributed by atoms with van der Waals surface area (Å²) in [5, 5.41) is 6.46. The molecule has 4 nitrogen and oxygen atoms in total. The van der Waals surface area contributed by atoms with Crippen LogP contribution in [0.2, 0.25) is 0 Å². The van der Waals surface area contributed by atoms with Gasteiger partial charge in [-0.05, 0) is 0 Å². The number of hydrogen-bond acceptors (Lipinski definition) is 4. The lowest BCUT2D eigenvalue weighted by Crippen LogP contribution is -2.05. The molecule has 58 valence electrons. The summed E-state index contributed by atoms with van der Waals surface area (Å²) >= 11 is 0. The lowest BCUT2D eigenvalue weighted by atomic mass is 10.5. The zero-order valence-corrected chi connectivity index (χ0v) is 5.88. The van der Waals surface area contributed by atoms with E-state index >= 15 is 0 Å². The highest BCUT2D eigenvalue weighted by molar-refractivity contribution is 5.57. The SMILES string of the molecule is C1=NOCC1.C1COCN1. The maximum absolute atomic E-state index is 4.83. The number of rotatable bonds is 0. The first kappa shape index (κ1) is 7.50. The Morgan fingerprint density at radius 2 is 2.40 bits per heavy atom. The molecule has 2 aliphatic heterocycles. The van der Waals surface area contributed by atoms with Crippen LogP contribution in [-0.4, -0.2) is 32.7 Å². The predicted octanol–water partition coefficient (Wildman–Crippen LogP) is -0.0438. The minimum atomic E-state index is 0.750. The highest BCUT2D eigenvalue weighted by Gasteiger charge is 1.92. The third-order valence-electron chi connectivity index (χ3n) is 1.11. The number of nitrogens with one attached hydrogen (secondary N) is 1. The first-order valence-electron chi connectivity index (χ1n) is 3.42. The van der Waals surface area contributed by atoms with Gasteiger partial charge in [0.15, 0.2) is 0 Å². The van der Waals surface area contributed by atoms with Crippen LogP contribution >= 0.6 is 0 Å². The van der Waals surface area contributed by atoms with Crippen LogP contribution in [0.1, 0.15) is 6.42 Å². The van der Waals surface area contributed by atoms with Gasteiger partial charge in [-0.2, -0.15) is 0 Å². The number of hydrogen-bond donors (Lipinski definition) is 1. The highest BCUT2D eigenvalue weighted by Crippen LogP contribution is 1.86. The molecule has 0 aromatic rings. The molecular weight excluding hydrogens is 132 g/mol. The zero-order valence-electron chi connectivity index (χ0n) is 5.88. The van der Waals surface area contributed by atoms with Crippen LogP contribution in [0.15, 0.2) is 5.16 Å². The summed E-state index contributed by atoms with van der Waals surface area (Å²) in [7, 11) is 0. The zero-order chi connectivity index (χ0) is 7.07. The van der Waals surface area contributed by atoms with E-state index in [0.29, 0.717) is 0 Å². The fourth-order valence-electron chi connectivity index (χ4n) is 0.624. The van der Waals surface area contributed by atoms with Gasteiger partial charge in [0, 0.05) is 19.2 Å². The summed E-state index contributed by atoms with van der Waals surface area (Å²) in [4.78, 5) is 4.51. The van der Waals surface area contributed by atoms with E-state index in [1.165, 1.54) is 0 Å². The minimum Gasteiger partial charge on any atom is -0.396 e. The monoisotopic (exact) mass is 144 g/mol. The topological polar surface area (TPSA) is 42.9 Å². The Kier molecular flexibility index (Phi) is 3.90. The number of oxime groups is 1. The van der Waals surface area contributed by atoms with Crippen LogP contribution in [0, 0.1) is 0 Å². The maximum Gasteiger partial charge on any atom is 0.122 e. The third kappa shape index (κ3) is 3.42. The molecule has 0 aromatic carbocycles. The van der Waals surface area contributed by atoms with E-state index < -0.39 is 0 Å². The van der Waals surface area contributed by atoms with Crippen molar-refractivity contribution in [3.63, 3.8) is 0 Å². The van der Waals surface area contributed by atoms with Gasteiger partial charge in [-0.3, -0.25) is 5.32 Å². The van der Waals surface area contributed by atoms with Crippen molar-refractivity contribution < 1.29 is 9.57 Å². The molecule has 10 heavy (non-hydrogen) atoms. The normalized spacial score (nSPS) is 21.6. The second-order valence-electron chi connectivity index (χ2n) is 1.96. The molecule has 0 saturated carbocycles. The largest absolute Gasteiger partial charge is 0.396 e. The first-order valence-corrected chi connectivity index (χ1v) is 3.42. The van der Waals surface area contributed by atoms with Gasteiger partial charge in [0.05, 0.1) is 13.3 Å². The average Bonchev–Trinajstić information content (AvgIpc) is 2.67. The molecule has 2 aliphatic rings. The van der Waals surface area contributed by atoms with Crippen molar-refractivity contribution >= 4 is 6.21 Å². The molecule has 1 fully saturated rings. The Balaban J connectivity index is 0.0000001000. The molecule has 0 atom stereocenters. The Bertz CT molecular complexity index is 88.3. The first-order chi connectivity index (χ1) is 5.00. The van der Waals surface area contributed by atoms with Crippen LogP contribution < -0.4 is 5.32 Å². The Labute approximate surface area is 60.2 Å². The minimum absolute atomic E-state index is 0.750. The summed E-state index contributed by atoms with van der Waals surface area (Å²) in [6.07, 6.45) is 2.75. The summed E-state index contributed by atoms with van der Waals surface area (Å²) in [6, 6.07) is 0. The molecule has 2 rings (SSSR count). The third-order valence-corrected chi connectivity index (χ3v) is 1.11. The molecule has 0 unspecified atom stereocenters. The van der Waals surface area contributed by atoms with E-state index in [1.54, 1.807) is 6.21 Å². The smallest absolute Gasteiger partial charge is 0.122 e. The van der Waals surface area contributed by atoms with E-state index in [9.17, 15) is 0 Å². The van der Waals surface area contributed by atoms with E-state index in [4.69, 9.17) is 4.74 Å². The molecule has 0 spiro atoms. The van der Waals surface area contributed by atoms with Gasteiger partial charge in [-0.15, -0.1) is 0 Å².